The molecule has 1 fully saturated rings. The van der Waals surface area contributed by atoms with E-state index < -0.39 is 36.0 Å². The van der Waals surface area contributed by atoms with Crippen LogP contribution < -0.4 is 5.32 Å². The van der Waals surface area contributed by atoms with E-state index in [1.165, 1.54) is 19.2 Å². The van der Waals surface area contributed by atoms with Crippen molar-refractivity contribution in [3.8, 4) is 0 Å². The zero-order valence-corrected chi connectivity index (χ0v) is 8.74. The highest BCUT2D eigenvalue weighted by Crippen LogP contribution is 2.47. The van der Waals surface area contributed by atoms with Crippen LogP contribution in [0.2, 0.25) is 0 Å². The average molecular weight is 265 g/mol. The molecule has 0 radical (unpaired) electrons. The van der Waals surface area contributed by atoms with Crippen LogP contribution in [0.5, 0.6) is 0 Å². The number of alkyl halides is 6. The zero-order valence-electron chi connectivity index (χ0n) is 8.74. The van der Waals surface area contributed by atoms with Crippen molar-refractivity contribution in [2.45, 2.75) is 38.0 Å². The molecule has 0 saturated carbocycles. The van der Waals surface area contributed by atoms with E-state index in [4.69, 9.17) is 0 Å². The van der Waals surface area contributed by atoms with Crippen molar-refractivity contribution in [3.05, 3.63) is 0 Å². The summed E-state index contributed by atoms with van der Waals surface area (Å²) in [6.07, 6.45) is -11.5. The Balaban J connectivity index is 3.19. The van der Waals surface area contributed by atoms with E-state index in [9.17, 15) is 31.1 Å². The molecule has 1 rings (SSSR count). The maximum Gasteiger partial charge on any atom is 0.452 e. The van der Waals surface area contributed by atoms with Crippen molar-refractivity contribution in [2.24, 2.45) is 5.92 Å². The number of ether oxygens (including phenoxy) is 1. The van der Waals surface area contributed by atoms with Gasteiger partial charge in [-0.05, 0) is 5.92 Å². The summed E-state index contributed by atoms with van der Waals surface area (Å²) >= 11 is 0. The summed E-state index contributed by atoms with van der Waals surface area (Å²) in [6, 6.07) is -1.64. The van der Waals surface area contributed by atoms with Crippen LogP contribution in [0.15, 0.2) is 0 Å². The Kier molecular flexibility index (Phi) is 3.11. The number of cyclic esters (lactones) is 1. The predicted molar refractivity (Wildman–Crippen MR) is 42.7 cm³/mol. The summed E-state index contributed by atoms with van der Waals surface area (Å²) < 4.78 is 78.3. The normalized spacial score (nSPS) is 25.2. The third-order valence-corrected chi connectivity index (χ3v) is 2.33. The Morgan fingerprint density at radius 1 is 1.18 bits per heavy atom. The first-order valence-corrected chi connectivity index (χ1v) is 4.56. The van der Waals surface area contributed by atoms with Crippen molar-refractivity contribution in [3.63, 3.8) is 0 Å². The third kappa shape index (κ3) is 2.07. The monoisotopic (exact) mass is 265 g/mol. The molecule has 3 nitrogen and oxygen atoms in total. The summed E-state index contributed by atoms with van der Waals surface area (Å²) in [5, 5.41) is 1.21. The minimum Gasteiger partial charge on any atom is -0.424 e. The Morgan fingerprint density at radius 3 is 1.76 bits per heavy atom. The van der Waals surface area contributed by atoms with Crippen LogP contribution in [0.4, 0.5) is 26.3 Å². The summed E-state index contributed by atoms with van der Waals surface area (Å²) in [5.74, 6) is -2.32. The first-order chi connectivity index (χ1) is 7.42. The van der Waals surface area contributed by atoms with Gasteiger partial charge < -0.3 is 4.74 Å². The van der Waals surface area contributed by atoms with Gasteiger partial charge in [-0.1, -0.05) is 13.8 Å². The van der Waals surface area contributed by atoms with E-state index in [1.807, 2.05) is 0 Å². The highest BCUT2D eigenvalue weighted by molar-refractivity contribution is 5.79. The number of rotatable bonds is 1. The molecule has 1 unspecified atom stereocenters. The summed E-state index contributed by atoms with van der Waals surface area (Å²) in [6.45, 7) is 2.61. The van der Waals surface area contributed by atoms with Gasteiger partial charge in [0, 0.05) is 0 Å². The molecule has 1 heterocycles. The Bertz CT molecular complexity index is 307. The minimum absolute atomic E-state index is 0.755. The van der Waals surface area contributed by atoms with Gasteiger partial charge in [0.1, 0.15) is 6.04 Å². The maximum atomic E-state index is 12.5. The van der Waals surface area contributed by atoms with Gasteiger partial charge in [0.2, 0.25) is 0 Å². The molecule has 0 aliphatic carbocycles. The fraction of sp³-hybridized carbons (Fsp3) is 0.875. The topological polar surface area (TPSA) is 38.3 Å². The summed E-state index contributed by atoms with van der Waals surface area (Å²) in [5.41, 5.74) is -4.61. The van der Waals surface area contributed by atoms with Crippen LogP contribution in [0.3, 0.4) is 0 Å². The fourth-order valence-corrected chi connectivity index (χ4v) is 1.40. The van der Waals surface area contributed by atoms with Crippen molar-refractivity contribution in [1.29, 1.82) is 0 Å². The Morgan fingerprint density at radius 2 is 1.59 bits per heavy atom. The number of esters is 1. The fourth-order valence-electron chi connectivity index (χ4n) is 1.40. The van der Waals surface area contributed by atoms with Crippen molar-refractivity contribution in [1.82, 2.24) is 5.32 Å². The lowest BCUT2D eigenvalue weighted by Gasteiger charge is -2.32. The standard InChI is InChI=1S/C8H9F6NO2/c1-3(2)4-5(16)17-6(15-4,7(9,10)11)8(12,13)14/h3-4,15H,1-2H3. The van der Waals surface area contributed by atoms with Gasteiger partial charge in [0.05, 0.1) is 0 Å². The second-order valence-corrected chi connectivity index (χ2v) is 3.96. The molecular weight excluding hydrogens is 256 g/mol. The number of halogens is 6. The first-order valence-electron chi connectivity index (χ1n) is 4.56. The van der Waals surface area contributed by atoms with E-state index in [-0.39, 0.29) is 0 Å². The lowest BCUT2D eigenvalue weighted by molar-refractivity contribution is -0.369. The van der Waals surface area contributed by atoms with E-state index in [1.54, 1.807) is 0 Å². The van der Waals surface area contributed by atoms with E-state index in [0.29, 0.717) is 0 Å². The zero-order chi connectivity index (χ0) is 13.6. The van der Waals surface area contributed by atoms with Gasteiger partial charge in [-0.15, -0.1) is 0 Å². The minimum atomic E-state index is -5.77. The molecule has 1 aliphatic rings. The number of hydrogen-bond acceptors (Lipinski definition) is 3. The molecule has 1 atom stereocenters. The summed E-state index contributed by atoms with van der Waals surface area (Å²) in [4.78, 5) is 11.0. The van der Waals surface area contributed by atoms with Gasteiger partial charge in [0.25, 0.3) is 0 Å². The molecule has 1 aliphatic heterocycles. The average Bonchev–Trinajstić information content (AvgIpc) is 2.41. The second-order valence-electron chi connectivity index (χ2n) is 3.96. The van der Waals surface area contributed by atoms with E-state index in [2.05, 4.69) is 4.74 Å². The van der Waals surface area contributed by atoms with Crippen LogP contribution in [0.25, 0.3) is 0 Å². The molecule has 17 heavy (non-hydrogen) atoms. The molecule has 0 aromatic carbocycles. The van der Waals surface area contributed by atoms with Crippen molar-refractivity contribution >= 4 is 5.97 Å². The maximum absolute atomic E-state index is 12.5. The molecule has 0 aromatic rings. The van der Waals surface area contributed by atoms with Crippen LogP contribution in [-0.4, -0.2) is 30.1 Å². The number of nitrogens with one attached hydrogen (secondary N) is 1. The lowest BCUT2D eigenvalue weighted by Crippen LogP contribution is -2.65. The van der Waals surface area contributed by atoms with Gasteiger partial charge >= 0.3 is 24.0 Å². The smallest absolute Gasteiger partial charge is 0.424 e. The van der Waals surface area contributed by atoms with Crippen molar-refractivity contribution < 1.29 is 35.9 Å². The largest absolute Gasteiger partial charge is 0.452 e. The first kappa shape index (κ1) is 14.1. The Labute approximate surface area is 92.1 Å². The van der Waals surface area contributed by atoms with Gasteiger partial charge in [-0.2, -0.15) is 26.3 Å². The van der Waals surface area contributed by atoms with Crippen LogP contribution >= 0.6 is 0 Å². The quantitative estimate of drug-likeness (QED) is 0.582. The highest BCUT2D eigenvalue weighted by Gasteiger charge is 2.78. The van der Waals surface area contributed by atoms with E-state index >= 15 is 0 Å². The lowest BCUT2D eigenvalue weighted by atomic mass is 10.0. The van der Waals surface area contributed by atoms with Crippen LogP contribution in [-0.2, 0) is 9.53 Å². The van der Waals surface area contributed by atoms with Gasteiger partial charge in [-0.25, -0.2) is 0 Å². The molecule has 1 N–H and O–H groups in total. The third-order valence-electron chi connectivity index (χ3n) is 2.33. The molecule has 0 aromatic heterocycles. The number of hydrogen-bond donors (Lipinski definition) is 1. The molecule has 0 bridgehead atoms. The molecule has 1 saturated heterocycles. The van der Waals surface area contributed by atoms with Crippen LogP contribution in [0.1, 0.15) is 13.8 Å². The predicted octanol–water partition coefficient (Wildman–Crippen LogP) is 1.98. The molecule has 100 valence electrons. The number of carbonyl (C=O) groups is 1. The molecule has 0 amide bonds. The van der Waals surface area contributed by atoms with Gasteiger partial charge in [-0.3, -0.25) is 10.1 Å². The summed E-state index contributed by atoms with van der Waals surface area (Å²) in [7, 11) is 0. The van der Waals surface area contributed by atoms with Gasteiger partial charge in [0.15, 0.2) is 0 Å². The SMILES string of the molecule is CC(C)C1NC(C(F)(F)F)(C(F)(F)F)OC1=O. The highest BCUT2D eigenvalue weighted by atomic mass is 19.4. The second kappa shape index (κ2) is 3.76. The Hall–Kier alpha value is -0.990. The number of carbonyl (C=O) groups excluding carboxylic acids is 1. The molecule has 0 spiro atoms. The van der Waals surface area contributed by atoms with Crippen molar-refractivity contribution in [2.75, 3.05) is 0 Å². The molecular formula is C8H9F6NO2. The van der Waals surface area contributed by atoms with Crippen LogP contribution in [0, 0.1) is 5.92 Å². The van der Waals surface area contributed by atoms with E-state index in [0.717, 1.165) is 0 Å². The molecule has 9 heteroatoms.